The fourth-order valence-electron chi connectivity index (χ4n) is 1.65. The van der Waals surface area contributed by atoms with Crippen LogP contribution in [0.4, 0.5) is 11.4 Å². The van der Waals surface area contributed by atoms with Gasteiger partial charge in [-0.25, -0.2) is 0 Å². The van der Waals surface area contributed by atoms with Gasteiger partial charge in [0, 0.05) is 15.0 Å². The van der Waals surface area contributed by atoms with Gasteiger partial charge in [0.05, 0.1) is 10.6 Å². The number of halogens is 2. The molecule has 0 unspecified atom stereocenters. The summed E-state index contributed by atoms with van der Waals surface area (Å²) in [7, 11) is 0. The van der Waals surface area contributed by atoms with E-state index in [1.165, 1.54) is 18.2 Å². The fourth-order valence-corrected chi connectivity index (χ4v) is 2.36. The lowest BCUT2D eigenvalue weighted by atomic mass is 10.3. The van der Waals surface area contributed by atoms with E-state index in [0.717, 1.165) is 8.95 Å². The van der Waals surface area contributed by atoms with E-state index in [4.69, 9.17) is 4.74 Å². The summed E-state index contributed by atoms with van der Waals surface area (Å²) < 4.78 is 6.75. The Labute approximate surface area is 142 Å². The molecule has 22 heavy (non-hydrogen) atoms. The summed E-state index contributed by atoms with van der Waals surface area (Å²) in [5, 5.41) is 13.5. The Morgan fingerprint density at radius 2 is 1.95 bits per heavy atom. The van der Waals surface area contributed by atoms with Crippen LogP contribution >= 0.6 is 31.9 Å². The Kier molecular flexibility index (Phi) is 5.51. The number of hydrogen-bond donors (Lipinski definition) is 1. The molecule has 0 aliphatic carbocycles. The van der Waals surface area contributed by atoms with Gasteiger partial charge < -0.3 is 10.1 Å². The molecule has 0 atom stereocenters. The first kappa shape index (κ1) is 16.4. The number of hydrogen-bond acceptors (Lipinski definition) is 4. The van der Waals surface area contributed by atoms with Crippen molar-refractivity contribution in [2.45, 2.75) is 0 Å². The molecule has 1 amide bonds. The van der Waals surface area contributed by atoms with Crippen molar-refractivity contribution in [1.29, 1.82) is 0 Å². The highest BCUT2D eigenvalue weighted by molar-refractivity contribution is 9.11. The van der Waals surface area contributed by atoms with Gasteiger partial charge in [-0.05, 0) is 40.2 Å². The van der Waals surface area contributed by atoms with Crippen LogP contribution in [0.5, 0.6) is 5.75 Å². The molecule has 2 aromatic carbocycles. The van der Waals surface area contributed by atoms with Gasteiger partial charge in [-0.15, -0.1) is 0 Å². The van der Waals surface area contributed by atoms with Crippen LogP contribution in [-0.4, -0.2) is 17.4 Å². The Hall–Kier alpha value is -1.93. The zero-order valence-corrected chi connectivity index (χ0v) is 14.3. The third kappa shape index (κ3) is 4.28. The largest absolute Gasteiger partial charge is 0.477 e. The summed E-state index contributed by atoms with van der Waals surface area (Å²) in [5.41, 5.74) is 0.393. The van der Waals surface area contributed by atoms with Crippen LogP contribution in [0, 0.1) is 10.1 Å². The predicted octanol–water partition coefficient (Wildman–Crippen LogP) is 4.14. The lowest BCUT2D eigenvalue weighted by molar-refractivity contribution is -0.385. The number of nitrogens with one attached hydrogen (secondary N) is 1. The number of nitro groups is 1. The number of anilines is 1. The molecule has 0 heterocycles. The lowest BCUT2D eigenvalue weighted by Gasteiger charge is -2.09. The molecule has 0 spiro atoms. The fraction of sp³-hybridized carbons (Fsp3) is 0.0714. The standard InChI is InChI=1S/C14H10Br2N2O4/c15-9-5-6-10(16)11(7-9)17-14(19)8-22-13-4-2-1-3-12(13)18(20)21/h1-7H,8H2,(H,17,19). The van der Waals surface area contributed by atoms with Crippen LogP contribution in [0.15, 0.2) is 51.4 Å². The summed E-state index contributed by atoms with van der Waals surface area (Å²) in [4.78, 5) is 22.2. The summed E-state index contributed by atoms with van der Waals surface area (Å²) >= 11 is 6.63. The van der Waals surface area contributed by atoms with Crippen molar-refractivity contribution >= 4 is 49.1 Å². The number of nitrogens with zero attached hydrogens (tertiary/aromatic N) is 1. The van der Waals surface area contributed by atoms with E-state index >= 15 is 0 Å². The molecule has 114 valence electrons. The number of benzene rings is 2. The van der Waals surface area contributed by atoms with Crippen LogP contribution in [-0.2, 0) is 4.79 Å². The molecule has 0 bridgehead atoms. The van der Waals surface area contributed by atoms with E-state index in [2.05, 4.69) is 37.2 Å². The average molecular weight is 430 g/mol. The molecule has 0 radical (unpaired) electrons. The van der Waals surface area contributed by atoms with E-state index in [9.17, 15) is 14.9 Å². The van der Waals surface area contributed by atoms with E-state index in [1.54, 1.807) is 18.2 Å². The van der Waals surface area contributed by atoms with Crippen molar-refractivity contribution in [2.24, 2.45) is 0 Å². The molecular formula is C14H10Br2N2O4. The molecule has 0 aromatic heterocycles. The maximum Gasteiger partial charge on any atom is 0.310 e. The highest BCUT2D eigenvalue weighted by atomic mass is 79.9. The summed E-state index contributed by atoms with van der Waals surface area (Å²) in [6.45, 7) is -0.330. The molecule has 8 heteroatoms. The predicted molar refractivity (Wildman–Crippen MR) is 89.1 cm³/mol. The highest BCUT2D eigenvalue weighted by Gasteiger charge is 2.15. The third-order valence-corrected chi connectivity index (χ3v) is 3.81. The third-order valence-electron chi connectivity index (χ3n) is 2.62. The molecule has 1 N–H and O–H groups in total. The number of rotatable bonds is 5. The maximum absolute atomic E-state index is 11.9. The number of para-hydroxylation sites is 2. The van der Waals surface area contributed by atoms with Crippen molar-refractivity contribution in [3.05, 3.63) is 61.5 Å². The Morgan fingerprint density at radius 3 is 2.68 bits per heavy atom. The monoisotopic (exact) mass is 428 g/mol. The number of amides is 1. The van der Waals surface area contributed by atoms with Crippen LogP contribution in [0.1, 0.15) is 0 Å². The lowest BCUT2D eigenvalue weighted by Crippen LogP contribution is -2.20. The first-order valence-corrected chi connectivity index (χ1v) is 7.67. The second-order valence-corrected chi connectivity index (χ2v) is 5.96. The zero-order chi connectivity index (χ0) is 16.1. The minimum atomic E-state index is -0.557. The summed E-state index contributed by atoms with van der Waals surface area (Å²) in [5.74, 6) is -0.368. The Balaban J connectivity index is 2.02. The quantitative estimate of drug-likeness (QED) is 0.572. The first-order valence-electron chi connectivity index (χ1n) is 6.08. The number of carbonyl (C=O) groups excluding carboxylic acids is 1. The van der Waals surface area contributed by atoms with Gasteiger partial charge in [-0.3, -0.25) is 14.9 Å². The van der Waals surface area contributed by atoms with E-state index in [0.29, 0.717) is 5.69 Å². The van der Waals surface area contributed by atoms with Crippen molar-refractivity contribution in [2.75, 3.05) is 11.9 Å². The van der Waals surface area contributed by atoms with Crippen LogP contribution < -0.4 is 10.1 Å². The maximum atomic E-state index is 11.9. The Morgan fingerprint density at radius 1 is 1.23 bits per heavy atom. The van der Waals surface area contributed by atoms with Crippen molar-refractivity contribution in [1.82, 2.24) is 0 Å². The Bertz CT molecular complexity index is 722. The second-order valence-electron chi connectivity index (χ2n) is 4.19. The number of carbonyl (C=O) groups is 1. The second kappa shape index (κ2) is 7.37. The normalized spacial score (nSPS) is 10.1. The van der Waals surface area contributed by atoms with E-state index in [-0.39, 0.29) is 18.0 Å². The molecule has 0 aliphatic rings. The molecule has 0 aliphatic heterocycles. The summed E-state index contributed by atoms with van der Waals surface area (Å²) in [6, 6.07) is 11.2. The molecule has 6 nitrogen and oxygen atoms in total. The molecular weight excluding hydrogens is 420 g/mol. The van der Waals surface area contributed by atoms with Crippen molar-refractivity contribution in [3.8, 4) is 5.75 Å². The van der Waals surface area contributed by atoms with Crippen molar-refractivity contribution in [3.63, 3.8) is 0 Å². The van der Waals surface area contributed by atoms with Crippen molar-refractivity contribution < 1.29 is 14.5 Å². The van der Waals surface area contributed by atoms with Crippen LogP contribution in [0.3, 0.4) is 0 Å². The van der Waals surface area contributed by atoms with Gasteiger partial charge in [0.2, 0.25) is 0 Å². The minimum Gasteiger partial charge on any atom is -0.477 e. The van der Waals surface area contributed by atoms with Gasteiger partial charge in [0.25, 0.3) is 5.91 Å². The van der Waals surface area contributed by atoms with Gasteiger partial charge in [-0.1, -0.05) is 28.1 Å². The molecule has 0 saturated carbocycles. The smallest absolute Gasteiger partial charge is 0.310 e. The van der Waals surface area contributed by atoms with Gasteiger partial charge >= 0.3 is 5.69 Å². The molecule has 2 aromatic rings. The van der Waals surface area contributed by atoms with E-state index < -0.39 is 10.8 Å². The van der Waals surface area contributed by atoms with Crippen LogP contribution in [0.25, 0.3) is 0 Å². The highest BCUT2D eigenvalue weighted by Crippen LogP contribution is 2.27. The summed E-state index contributed by atoms with van der Waals surface area (Å²) in [6.07, 6.45) is 0. The minimum absolute atomic E-state index is 0.0518. The van der Waals surface area contributed by atoms with Gasteiger partial charge in [0.1, 0.15) is 0 Å². The van der Waals surface area contributed by atoms with Gasteiger partial charge in [0.15, 0.2) is 12.4 Å². The van der Waals surface area contributed by atoms with Crippen LogP contribution in [0.2, 0.25) is 0 Å². The molecule has 0 saturated heterocycles. The SMILES string of the molecule is O=C(COc1ccccc1[N+](=O)[O-])Nc1cc(Br)ccc1Br. The average Bonchev–Trinajstić information content (AvgIpc) is 2.49. The molecule has 2 rings (SSSR count). The van der Waals surface area contributed by atoms with Gasteiger partial charge in [-0.2, -0.15) is 0 Å². The zero-order valence-electron chi connectivity index (χ0n) is 11.1. The molecule has 0 fully saturated rings. The first-order chi connectivity index (χ1) is 10.5. The topological polar surface area (TPSA) is 81.5 Å². The number of nitro benzene ring substituents is 1. The number of ether oxygens (including phenoxy) is 1. The van der Waals surface area contributed by atoms with E-state index in [1.807, 2.05) is 6.07 Å².